The van der Waals surface area contributed by atoms with Gasteiger partial charge in [0.05, 0.1) is 11.7 Å². The average molecular weight is 426 g/mol. The summed E-state index contributed by atoms with van der Waals surface area (Å²) >= 11 is 0. The van der Waals surface area contributed by atoms with Crippen molar-refractivity contribution in [1.82, 2.24) is 14.4 Å². The van der Waals surface area contributed by atoms with Crippen LogP contribution in [0, 0.1) is 13.8 Å². The Kier molecular flexibility index (Phi) is 5.17. The van der Waals surface area contributed by atoms with E-state index in [0.717, 1.165) is 17.5 Å². The van der Waals surface area contributed by atoms with E-state index in [0.29, 0.717) is 29.9 Å². The summed E-state index contributed by atoms with van der Waals surface area (Å²) in [4.78, 5) is 16.1. The smallest absolute Gasteiger partial charge is 0.249 e. The summed E-state index contributed by atoms with van der Waals surface area (Å²) in [6.07, 6.45) is 3.12. The number of aryl methyl sites for hydroxylation is 2. The number of benzene rings is 1. The van der Waals surface area contributed by atoms with Crippen molar-refractivity contribution >= 4 is 15.9 Å². The molecule has 1 atom stereocenters. The van der Waals surface area contributed by atoms with Crippen LogP contribution < -0.4 is 5.73 Å². The summed E-state index contributed by atoms with van der Waals surface area (Å²) in [5, 5.41) is 3.79. The Hall–Kier alpha value is -3.04. The number of carbonyl (C=O) groups excluding carboxylic acids is 1. The van der Waals surface area contributed by atoms with E-state index in [-0.39, 0.29) is 16.7 Å². The molecule has 2 N–H and O–H groups in total. The van der Waals surface area contributed by atoms with Crippen molar-refractivity contribution < 1.29 is 17.7 Å². The highest BCUT2D eigenvalue weighted by Crippen LogP contribution is 2.37. The lowest BCUT2D eigenvalue weighted by atomic mass is 10.0. The van der Waals surface area contributed by atoms with Gasteiger partial charge in [-0.2, -0.15) is 4.31 Å². The summed E-state index contributed by atoms with van der Waals surface area (Å²) in [7, 11) is -3.75. The third kappa shape index (κ3) is 3.50. The Morgan fingerprint density at radius 1 is 1.20 bits per heavy atom. The molecular weight excluding hydrogens is 404 g/mol. The molecule has 1 unspecified atom stereocenters. The minimum Gasteiger partial charge on any atom is -0.366 e. The van der Waals surface area contributed by atoms with E-state index in [1.807, 2.05) is 18.2 Å². The number of sulfonamides is 1. The van der Waals surface area contributed by atoms with Crippen molar-refractivity contribution in [3.05, 3.63) is 65.3 Å². The van der Waals surface area contributed by atoms with Gasteiger partial charge in [-0.05, 0) is 50.5 Å². The molecule has 1 fully saturated rings. The lowest BCUT2D eigenvalue weighted by molar-refractivity contribution is 0.100. The summed E-state index contributed by atoms with van der Waals surface area (Å²) in [5.41, 5.74) is 8.45. The Balaban J connectivity index is 1.64. The molecule has 0 aliphatic carbocycles. The van der Waals surface area contributed by atoms with Crippen LogP contribution in [-0.2, 0) is 10.0 Å². The molecule has 2 aromatic heterocycles. The van der Waals surface area contributed by atoms with Crippen molar-refractivity contribution in [2.75, 3.05) is 6.54 Å². The highest BCUT2D eigenvalue weighted by atomic mass is 32.2. The maximum absolute atomic E-state index is 13.3. The van der Waals surface area contributed by atoms with Gasteiger partial charge in [-0.25, -0.2) is 8.42 Å². The van der Waals surface area contributed by atoms with Crippen molar-refractivity contribution in [1.29, 1.82) is 0 Å². The number of rotatable bonds is 5. The van der Waals surface area contributed by atoms with Crippen molar-refractivity contribution in [2.45, 2.75) is 37.6 Å². The number of primary amides is 1. The van der Waals surface area contributed by atoms with Gasteiger partial charge in [0.15, 0.2) is 5.76 Å². The highest BCUT2D eigenvalue weighted by Gasteiger charge is 2.39. The van der Waals surface area contributed by atoms with Gasteiger partial charge in [0.25, 0.3) is 0 Å². The van der Waals surface area contributed by atoms with Gasteiger partial charge in [0, 0.05) is 23.9 Å². The molecule has 0 radical (unpaired) electrons. The third-order valence-electron chi connectivity index (χ3n) is 5.35. The number of aromatic nitrogens is 2. The predicted octanol–water partition coefficient (Wildman–Crippen LogP) is 2.98. The molecular formula is C21H22N4O4S. The number of hydrogen-bond donors (Lipinski definition) is 1. The van der Waals surface area contributed by atoms with Gasteiger partial charge in [0.1, 0.15) is 10.6 Å². The quantitative estimate of drug-likeness (QED) is 0.670. The molecule has 1 aliphatic heterocycles. The van der Waals surface area contributed by atoms with Crippen LogP contribution in [0.2, 0.25) is 0 Å². The molecule has 1 saturated heterocycles. The molecule has 3 heterocycles. The second-order valence-corrected chi connectivity index (χ2v) is 9.17. The molecule has 0 saturated carbocycles. The maximum Gasteiger partial charge on any atom is 0.249 e. The largest absolute Gasteiger partial charge is 0.366 e. The van der Waals surface area contributed by atoms with Crippen LogP contribution in [0.25, 0.3) is 11.1 Å². The van der Waals surface area contributed by atoms with Gasteiger partial charge in [-0.1, -0.05) is 23.4 Å². The summed E-state index contributed by atoms with van der Waals surface area (Å²) in [6.45, 7) is 3.65. The number of amides is 1. The first kappa shape index (κ1) is 20.2. The Morgan fingerprint density at radius 2 is 2.00 bits per heavy atom. The average Bonchev–Trinajstić information content (AvgIpc) is 3.35. The van der Waals surface area contributed by atoms with Crippen molar-refractivity contribution in [3.8, 4) is 11.1 Å². The fraction of sp³-hybridized carbons (Fsp3) is 0.286. The zero-order valence-electron chi connectivity index (χ0n) is 16.7. The Bertz CT molecular complexity index is 1180. The fourth-order valence-corrected chi connectivity index (χ4v) is 5.87. The van der Waals surface area contributed by atoms with Gasteiger partial charge in [-0.15, -0.1) is 0 Å². The van der Waals surface area contributed by atoms with Crippen molar-refractivity contribution in [2.24, 2.45) is 5.73 Å². The molecule has 1 amide bonds. The summed E-state index contributed by atoms with van der Waals surface area (Å²) in [6, 6.07) is 10.4. The Morgan fingerprint density at radius 3 is 2.63 bits per heavy atom. The number of pyridine rings is 1. The molecule has 30 heavy (non-hydrogen) atoms. The number of hydrogen-bond acceptors (Lipinski definition) is 6. The van der Waals surface area contributed by atoms with Gasteiger partial charge in [0.2, 0.25) is 15.9 Å². The first-order chi connectivity index (χ1) is 14.3. The molecule has 4 rings (SSSR count). The molecule has 9 heteroatoms. The number of carbonyl (C=O) groups is 1. The maximum atomic E-state index is 13.3. The Labute approximate surface area is 174 Å². The van der Waals surface area contributed by atoms with Crippen LogP contribution in [0.5, 0.6) is 0 Å². The van der Waals surface area contributed by atoms with Crippen LogP contribution in [0.1, 0.15) is 46.4 Å². The second kappa shape index (κ2) is 7.66. The van der Waals surface area contributed by atoms with E-state index in [1.54, 1.807) is 38.2 Å². The lowest BCUT2D eigenvalue weighted by Gasteiger charge is -2.23. The lowest BCUT2D eigenvalue weighted by Crippen LogP contribution is -2.31. The normalized spacial score (nSPS) is 17.3. The standard InChI is InChI=1S/C21H22N4O4S/c1-13-20(14(2)29-24-13)30(27,28)25-10-4-7-19(25)18-9-8-17(12-23-18)15-5-3-6-16(11-15)21(22)26/h3,5-6,8-9,11-12,19H,4,7,10H2,1-2H3,(H2,22,26). The number of nitrogens with two attached hydrogens (primary N) is 1. The number of nitrogens with zero attached hydrogens (tertiary/aromatic N) is 3. The van der Waals surface area contributed by atoms with Crippen LogP contribution in [-0.4, -0.2) is 35.3 Å². The van der Waals surface area contributed by atoms with Gasteiger partial charge >= 0.3 is 0 Å². The minimum absolute atomic E-state index is 0.134. The zero-order valence-corrected chi connectivity index (χ0v) is 17.5. The molecule has 156 valence electrons. The zero-order chi connectivity index (χ0) is 21.5. The van der Waals surface area contributed by atoms with E-state index in [4.69, 9.17) is 10.3 Å². The van der Waals surface area contributed by atoms with E-state index >= 15 is 0 Å². The minimum atomic E-state index is -3.75. The SMILES string of the molecule is Cc1noc(C)c1S(=O)(=O)N1CCCC1c1ccc(-c2cccc(C(N)=O)c2)cn1. The second-order valence-electron chi connectivity index (χ2n) is 7.34. The summed E-state index contributed by atoms with van der Waals surface area (Å²) < 4.78 is 33.1. The molecule has 0 bridgehead atoms. The first-order valence-corrected chi connectivity index (χ1v) is 11.0. The molecule has 3 aromatic rings. The van der Waals surface area contributed by atoms with E-state index < -0.39 is 15.9 Å². The highest BCUT2D eigenvalue weighted by molar-refractivity contribution is 7.89. The molecule has 8 nitrogen and oxygen atoms in total. The van der Waals surface area contributed by atoms with Crippen LogP contribution in [0.4, 0.5) is 0 Å². The third-order valence-corrected chi connectivity index (χ3v) is 7.50. The molecule has 1 aliphatic rings. The summed E-state index contributed by atoms with van der Waals surface area (Å²) in [5.74, 6) is -0.205. The van der Waals surface area contributed by atoms with Crippen LogP contribution >= 0.6 is 0 Å². The molecule has 1 aromatic carbocycles. The van der Waals surface area contributed by atoms with Crippen LogP contribution in [0.3, 0.4) is 0 Å². The monoisotopic (exact) mass is 426 g/mol. The molecule has 0 spiro atoms. The topological polar surface area (TPSA) is 119 Å². The van der Waals surface area contributed by atoms with E-state index in [1.165, 1.54) is 4.31 Å². The fourth-order valence-electron chi connectivity index (χ4n) is 3.91. The van der Waals surface area contributed by atoms with Crippen molar-refractivity contribution in [3.63, 3.8) is 0 Å². The first-order valence-electron chi connectivity index (χ1n) is 9.60. The van der Waals surface area contributed by atoms with E-state index in [2.05, 4.69) is 10.1 Å². The predicted molar refractivity (Wildman–Crippen MR) is 110 cm³/mol. The van der Waals surface area contributed by atoms with Gasteiger partial charge in [-0.3, -0.25) is 9.78 Å². The van der Waals surface area contributed by atoms with Gasteiger partial charge < -0.3 is 10.3 Å². The van der Waals surface area contributed by atoms with E-state index in [9.17, 15) is 13.2 Å². The van der Waals surface area contributed by atoms with Crippen LogP contribution in [0.15, 0.2) is 52.0 Å².